The van der Waals surface area contributed by atoms with E-state index in [9.17, 15) is 9.90 Å². The summed E-state index contributed by atoms with van der Waals surface area (Å²) in [6.45, 7) is 0. The average Bonchev–Trinajstić information content (AvgIpc) is 2.32. The maximum atomic E-state index is 11.6. The zero-order valence-corrected chi connectivity index (χ0v) is 9.07. The van der Waals surface area contributed by atoms with Gasteiger partial charge in [-0.3, -0.25) is 4.79 Å². The van der Waals surface area contributed by atoms with Crippen molar-refractivity contribution in [2.45, 2.75) is 31.3 Å². The summed E-state index contributed by atoms with van der Waals surface area (Å²) in [5.74, 6) is 5.45. The van der Waals surface area contributed by atoms with Gasteiger partial charge in [0.1, 0.15) is 0 Å². The van der Waals surface area contributed by atoms with E-state index in [1.54, 1.807) is 0 Å². The van der Waals surface area contributed by atoms with Gasteiger partial charge in [0.25, 0.3) is 0 Å². The van der Waals surface area contributed by atoms with Crippen molar-refractivity contribution in [2.24, 2.45) is 0 Å². The third kappa shape index (κ3) is 2.32. The molecule has 0 aliphatic heterocycles. The van der Waals surface area contributed by atoms with Gasteiger partial charge in [-0.05, 0) is 31.4 Å². The number of hydrogen-bond acceptors (Lipinski definition) is 2. The van der Waals surface area contributed by atoms with Crippen molar-refractivity contribution in [2.75, 3.05) is 0 Å². The van der Waals surface area contributed by atoms with Gasteiger partial charge in [-0.15, -0.1) is 0 Å². The zero-order chi connectivity index (χ0) is 11.4. The standard InChI is InChI=1S/C14H14O2/c15-13-8-4-5-10-14(13,16)11-9-12-6-2-1-3-7-12/h1-3,6-7,16H,4-5,8,10H2. The summed E-state index contributed by atoms with van der Waals surface area (Å²) in [5.41, 5.74) is -0.581. The van der Waals surface area contributed by atoms with Crippen LogP contribution in [0.5, 0.6) is 0 Å². The van der Waals surface area contributed by atoms with E-state index < -0.39 is 5.60 Å². The molecule has 0 bridgehead atoms. The Morgan fingerprint density at radius 2 is 1.94 bits per heavy atom. The van der Waals surface area contributed by atoms with Gasteiger partial charge >= 0.3 is 0 Å². The largest absolute Gasteiger partial charge is 0.371 e. The van der Waals surface area contributed by atoms with Gasteiger partial charge in [-0.25, -0.2) is 0 Å². The maximum absolute atomic E-state index is 11.6. The SMILES string of the molecule is O=C1CCCCC1(O)C#Cc1ccccc1. The Morgan fingerprint density at radius 3 is 2.62 bits per heavy atom. The zero-order valence-electron chi connectivity index (χ0n) is 9.07. The van der Waals surface area contributed by atoms with Crippen molar-refractivity contribution >= 4 is 5.78 Å². The van der Waals surface area contributed by atoms with Crippen LogP contribution < -0.4 is 0 Å². The van der Waals surface area contributed by atoms with Gasteiger partial charge < -0.3 is 5.11 Å². The lowest BCUT2D eigenvalue weighted by Gasteiger charge is -2.24. The quantitative estimate of drug-likeness (QED) is 0.670. The van der Waals surface area contributed by atoms with Crippen molar-refractivity contribution < 1.29 is 9.90 Å². The molecule has 16 heavy (non-hydrogen) atoms. The highest BCUT2D eigenvalue weighted by Crippen LogP contribution is 2.24. The lowest BCUT2D eigenvalue weighted by molar-refractivity contribution is -0.134. The molecule has 1 N–H and O–H groups in total. The number of carbonyl (C=O) groups is 1. The lowest BCUT2D eigenvalue weighted by Crippen LogP contribution is -2.39. The summed E-state index contributed by atoms with van der Waals surface area (Å²) in [6.07, 6.45) is 2.64. The predicted octanol–water partition coefficient (Wildman–Crippen LogP) is 1.91. The molecule has 2 nitrogen and oxygen atoms in total. The van der Waals surface area contributed by atoms with Crippen LogP contribution in [0.25, 0.3) is 0 Å². The van der Waals surface area contributed by atoms with Crippen molar-refractivity contribution in [1.29, 1.82) is 0 Å². The molecule has 0 spiro atoms. The van der Waals surface area contributed by atoms with Crippen molar-refractivity contribution in [3.63, 3.8) is 0 Å². The number of ketones is 1. The summed E-state index contributed by atoms with van der Waals surface area (Å²) in [7, 11) is 0. The van der Waals surface area contributed by atoms with Crippen molar-refractivity contribution in [3.05, 3.63) is 35.9 Å². The highest BCUT2D eigenvalue weighted by molar-refractivity contribution is 5.91. The Labute approximate surface area is 95.3 Å². The van der Waals surface area contributed by atoms with Crippen LogP contribution in [0.15, 0.2) is 30.3 Å². The van der Waals surface area contributed by atoms with E-state index in [-0.39, 0.29) is 5.78 Å². The summed E-state index contributed by atoms with van der Waals surface area (Å²) < 4.78 is 0. The minimum atomic E-state index is -1.41. The first-order valence-corrected chi connectivity index (χ1v) is 5.55. The lowest BCUT2D eigenvalue weighted by atomic mass is 9.84. The Balaban J connectivity index is 2.20. The second-order valence-corrected chi connectivity index (χ2v) is 4.11. The van der Waals surface area contributed by atoms with Crippen LogP contribution in [0.3, 0.4) is 0 Å². The topological polar surface area (TPSA) is 37.3 Å². The number of rotatable bonds is 0. The first-order chi connectivity index (χ1) is 7.71. The van der Waals surface area contributed by atoms with E-state index in [1.807, 2.05) is 30.3 Å². The molecular formula is C14H14O2. The predicted molar refractivity (Wildman–Crippen MR) is 61.7 cm³/mol. The molecule has 0 saturated heterocycles. The number of hydrogen-bond donors (Lipinski definition) is 1. The molecule has 0 amide bonds. The van der Waals surface area contributed by atoms with E-state index in [2.05, 4.69) is 11.8 Å². The molecule has 82 valence electrons. The third-order valence-corrected chi connectivity index (χ3v) is 2.84. The molecule has 1 fully saturated rings. The van der Waals surface area contributed by atoms with Crippen LogP contribution in [0, 0.1) is 11.8 Å². The van der Waals surface area contributed by atoms with Gasteiger partial charge in [-0.1, -0.05) is 30.0 Å². The Bertz CT molecular complexity index is 439. The number of aliphatic hydroxyl groups is 1. The van der Waals surface area contributed by atoms with Gasteiger partial charge in [0.15, 0.2) is 11.4 Å². The average molecular weight is 214 g/mol. The van der Waals surface area contributed by atoms with E-state index in [0.29, 0.717) is 12.8 Å². The Kier molecular flexibility index (Phi) is 3.07. The molecule has 1 aromatic carbocycles. The highest BCUT2D eigenvalue weighted by atomic mass is 16.3. The second kappa shape index (κ2) is 4.51. The van der Waals surface area contributed by atoms with E-state index >= 15 is 0 Å². The maximum Gasteiger partial charge on any atom is 0.184 e. The Morgan fingerprint density at radius 1 is 1.19 bits per heavy atom. The molecule has 1 saturated carbocycles. The molecule has 1 aromatic rings. The smallest absolute Gasteiger partial charge is 0.184 e. The molecule has 1 aliphatic carbocycles. The minimum Gasteiger partial charge on any atom is -0.371 e. The van der Waals surface area contributed by atoms with Gasteiger partial charge in [0.2, 0.25) is 0 Å². The molecular weight excluding hydrogens is 200 g/mol. The fraction of sp³-hybridized carbons (Fsp3) is 0.357. The van der Waals surface area contributed by atoms with Gasteiger partial charge in [0, 0.05) is 12.0 Å². The van der Waals surface area contributed by atoms with Crippen LogP contribution in [-0.2, 0) is 4.79 Å². The van der Waals surface area contributed by atoms with Crippen LogP contribution >= 0.6 is 0 Å². The van der Waals surface area contributed by atoms with E-state index in [0.717, 1.165) is 18.4 Å². The first-order valence-electron chi connectivity index (χ1n) is 5.55. The summed E-state index contributed by atoms with van der Waals surface area (Å²) in [4.78, 5) is 11.6. The van der Waals surface area contributed by atoms with Crippen LogP contribution in [0.4, 0.5) is 0 Å². The molecule has 0 radical (unpaired) electrons. The highest BCUT2D eigenvalue weighted by Gasteiger charge is 2.35. The summed E-state index contributed by atoms with van der Waals surface area (Å²) in [6, 6.07) is 9.41. The summed E-state index contributed by atoms with van der Waals surface area (Å²) >= 11 is 0. The molecule has 1 unspecified atom stereocenters. The van der Waals surface area contributed by atoms with Gasteiger partial charge in [0.05, 0.1) is 0 Å². The monoisotopic (exact) mass is 214 g/mol. The van der Waals surface area contributed by atoms with Crippen LogP contribution in [0.2, 0.25) is 0 Å². The van der Waals surface area contributed by atoms with Crippen molar-refractivity contribution in [3.8, 4) is 11.8 Å². The molecule has 1 aliphatic rings. The van der Waals surface area contributed by atoms with Crippen LogP contribution in [0.1, 0.15) is 31.2 Å². The van der Waals surface area contributed by atoms with Gasteiger partial charge in [-0.2, -0.15) is 0 Å². The Hall–Kier alpha value is -1.59. The summed E-state index contributed by atoms with van der Waals surface area (Å²) in [5, 5.41) is 10.1. The molecule has 0 heterocycles. The van der Waals surface area contributed by atoms with E-state index in [4.69, 9.17) is 0 Å². The molecule has 0 aromatic heterocycles. The molecule has 2 rings (SSSR count). The minimum absolute atomic E-state index is 0.137. The fourth-order valence-corrected chi connectivity index (χ4v) is 1.84. The first kappa shape index (κ1) is 10.9. The second-order valence-electron chi connectivity index (χ2n) is 4.11. The third-order valence-electron chi connectivity index (χ3n) is 2.84. The number of Topliss-reactive ketones (excluding diaryl/α,β-unsaturated/α-hetero) is 1. The normalized spacial score (nSPS) is 24.7. The molecule has 1 atom stereocenters. The van der Waals surface area contributed by atoms with E-state index in [1.165, 1.54) is 0 Å². The fourth-order valence-electron chi connectivity index (χ4n) is 1.84. The molecule has 2 heteroatoms. The number of carbonyl (C=O) groups excluding carboxylic acids is 1. The number of benzene rings is 1. The van der Waals surface area contributed by atoms with Crippen LogP contribution in [-0.4, -0.2) is 16.5 Å². The van der Waals surface area contributed by atoms with Crippen molar-refractivity contribution in [1.82, 2.24) is 0 Å².